The Balaban J connectivity index is 2.54. The van der Waals surface area contributed by atoms with Crippen molar-refractivity contribution in [1.29, 1.82) is 0 Å². The predicted octanol–water partition coefficient (Wildman–Crippen LogP) is 3.88. The van der Waals surface area contributed by atoms with Crippen molar-refractivity contribution in [3.8, 4) is 0 Å². The normalized spacial score (nSPS) is 34.2. The highest BCUT2D eigenvalue weighted by Gasteiger charge is 2.48. The molecule has 1 fully saturated rings. The lowest BCUT2D eigenvalue weighted by Gasteiger charge is -2.39. The van der Waals surface area contributed by atoms with Gasteiger partial charge < -0.3 is 0 Å². The van der Waals surface area contributed by atoms with Gasteiger partial charge in [-0.15, -0.1) is 11.6 Å². The summed E-state index contributed by atoms with van der Waals surface area (Å²) in [6.07, 6.45) is 3.81. The average Bonchev–Trinajstić information content (AvgIpc) is 2.62. The topological polar surface area (TPSA) is 17.1 Å². The summed E-state index contributed by atoms with van der Waals surface area (Å²) >= 11 is 5.95. The molecule has 0 aliphatic heterocycles. The number of carbonyl (C=O) groups is 1. The summed E-state index contributed by atoms with van der Waals surface area (Å²) in [4.78, 5) is 12.0. The van der Waals surface area contributed by atoms with Gasteiger partial charge in [0.2, 0.25) is 0 Å². The van der Waals surface area contributed by atoms with Crippen molar-refractivity contribution in [2.24, 2.45) is 11.3 Å². The molecule has 0 radical (unpaired) electrons. The van der Waals surface area contributed by atoms with Gasteiger partial charge in [0.15, 0.2) is 5.78 Å². The Morgan fingerprint density at radius 2 is 2.25 bits per heavy atom. The molecule has 2 aliphatic rings. The van der Waals surface area contributed by atoms with E-state index in [9.17, 15) is 4.79 Å². The summed E-state index contributed by atoms with van der Waals surface area (Å²) in [6.45, 7) is 8.43. The molecule has 2 aliphatic carbocycles. The monoisotopic (exact) mass is 238 g/mol. The van der Waals surface area contributed by atoms with E-state index in [0.29, 0.717) is 24.0 Å². The first kappa shape index (κ1) is 11.9. The molecular weight excluding hydrogens is 220 g/mol. The molecule has 2 atom stereocenters. The largest absolute Gasteiger partial charge is 0.295 e. The first-order chi connectivity index (χ1) is 7.53. The van der Waals surface area contributed by atoms with Crippen LogP contribution >= 0.6 is 11.6 Å². The molecule has 0 heterocycles. The maximum atomic E-state index is 12.0. The molecule has 0 aromatic carbocycles. The third kappa shape index (κ3) is 1.48. The zero-order valence-corrected chi connectivity index (χ0v) is 10.9. The van der Waals surface area contributed by atoms with Crippen molar-refractivity contribution in [3.63, 3.8) is 0 Å². The van der Waals surface area contributed by atoms with E-state index in [2.05, 4.69) is 20.4 Å². The first-order valence-electron chi connectivity index (χ1n) is 6.01. The van der Waals surface area contributed by atoms with E-state index in [1.165, 1.54) is 5.57 Å². The van der Waals surface area contributed by atoms with E-state index < -0.39 is 0 Å². The quantitative estimate of drug-likeness (QED) is 0.527. The average molecular weight is 239 g/mol. The number of Topliss-reactive ketones (excluding diaryl/α,β-unsaturated/α-hetero) is 1. The van der Waals surface area contributed by atoms with E-state index in [1.54, 1.807) is 0 Å². The van der Waals surface area contributed by atoms with Crippen molar-refractivity contribution in [3.05, 3.63) is 23.3 Å². The molecular formula is C14H19ClO. The molecule has 0 saturated heterocycles. The molecule has 16 heavy (non-hydrogen) atoms. The number of rotatable bonds is 2. The van der Waals surface area contributed by atoms with Gasteiger partial charge in [0, 0.05) is 23.3 Å². The predicted molar refractivity (Wildman–Crippen MR) is 67.6 cm³/mol. The van der Waals surface area contributed by atoms with Crippen LogP contribution in [-0.4, -0.2) is 11.7 Å². The molecule has 88 valence electrons. The third-order valence-electron chi connectivity index (χ3n) is 4.51. The van der Waals surface area contributed by atoms with Gasteiger partial charge in [-0.2, -0.15) is 0 Å². The van der Waals surface area contributed by atoms with Crippen LogP contribution in [0.1, 0.15) is 39.5 Å². The molecule has 0 bridgehead atoms. The molecule has 0 N–H and O–H groups in total. The second-order valence-corrected chi connectivity index (χ2v) is 5.51. The Morgan fingerprint density at radius 3 is 2.88 bits per heavy atom. The van der Waals surface area contributed by atoms with Gasteiger partial charge in [0.05, 0.1) is 0 Å². The summed E-state index contributed by atoms with van der Waals surface area (Å²) in [5.41, 5.74) is 3.30. The van der Waals surface area contributed by atoms with Crippen LogP contribution in [0.3, 0.4) is 0 Å². The summed E-state index contributed by atoms with van der Waals surface area (Å²) in [5, 5.41) is 0. The zero-order valence-electron chi connectivity index (χ0n) is 10.1. The smallest absolute Gasteiger partial charge is 0.159 e. The standard InChI is InChI=1S/C14H19ClO/c1-9-4-6-14(10(2)8-15)7-5-12(16)13(14)11(9)3/h9H,2,4-8H2,1,3H3/t9-,14+/m1/s1. The number of hydrogen-bond donors (Lipinski definition) is 0. The fourth-order valence-corrected chi connectivity index (χ4v) is 3.53. The van der Waals surface area contributed by atoms with Crippen LogP contribution in [0.5, 0.6) is 0 Å². The Labute approximate surface area is 103 Å². The summed E-state index contributed by atoms with van der Waals surface area (Å²) < 4.78 is 0. The number of halogens is 1. The fraction of sp³-hybridized carbons (Fsp3) is 0.643. The number of carbonyl (C=O) groups excluding carboxylic acids is 1. The summed E-state index contributed by atoms with van der Waals surface area (Å²) in [6, 6.07) is 0. The van der Waals surface area contributed by atoms with Crippen molar-refractivity contribution >= 4 is 17.4 Å². The minimum atomic E-state index is -0.0740. The van der Waals surface area contributed by atoms with Crippen LogP contribution in [0.15, 0.2) is 23.3 Å². The number of fused-ring (bicyclic) bond motifs is 1. The van der Waals surface area contributed by atoms with E-state index in [4.69, 9.17) is 11.6 Å². The van der Waals surface area contributed by atoms with Gasteiger partial charge in [-0.25, -0.2) is 0 Å². The van der Waals surface area contributed by atoms with Gasteiger partial charge in [-0.3, -0.25) is 4.79 Å². The maximum Gasteiger partial charge on any atom is 0.159 e. The lowest BCUT2D eigenvalue weighted by molar-refractivity contribution is -0.114. The minimum Gasteiger partial charge on any atom is -0.295 e. The molecule has 1 nitrogen and oxygen atoms in total. The van der Waals surface area contributed by atoms with Crippen LogP contribution in [0, 0.1) is 11.3 Å². The molecule has 0 unspecified atom stereocenters. The third-order valence-corrected chi connectivity index (χ3v) is 4.83. The molecule has 2 rings (SSSR count). The van der Waals surface area contributed by atoms with E-state index >= 15 is 0 Å². The summed E-state index contributed by atoms with van der Waals surface area (Å²) in [7, 11) is 0. The van der Waals surface area contributed by atoms with Gasteiger partial charge in [-0.1, -0.05) is 24.6 Å². The van der Waals surface area contributed by atoms with E-state index in [1.807, 2.05) is 0 Å². The highest BCUT2D eigenvalue weighted by Crippen LogP contribution is 2.55. The fourth-order valence-electron chi connectivity index (χ4n) is 3.28. The highest BCUT2D eigenvalue weighted by molar-refractivity contribution is 6.19. The summed E-state index contributed by atoms with van der Waals surface area (Å²) in [5.74, 6) is 1.34. The molecule has 1 saturated carbocycles. The second kappa shape index (κ2) is 4.03. The van der Waals surface area contributed by atoms with Gasteiger partial charge in [-0.05, 0) is 32.1 Å². The molecule has 2 heteroatoms. The molecule has 0 aromatic rings. The molecule has 0 spiro atoms. The van der Waals surface area contributed by atoms with Crippen LogP contribution < -0.4 is 0 Å². The van der Waals surface area contributed by atoms with Crippen molar-refractivity contribution in [2.75, 3.05) is 5.88 Å². The number of alkyl halides is 1. The lowest BCUT2D eigenvalue weighted by Crippen LogP contribution is -2.30. The van der Waals surface area contributed by atoms with Crippen LogP contribution in [0.25, 0.3) is 0 Å². The maximum absolute atomic E-state index is 12.0. The van der Waals surface area contributed by atoms with Crippen LogP contribution in [-0.2, 0) is 4.79 Å². The van der Waals surface area contributed by atoms with Crippen LogP contribution in [0.2, 0.25) is 0 Å². The van der Waals surface area contributed by atoms with Crippen molar-refractivity contribution < 1.29 is 4.79 Å². The van der Waals surface area contributed by atoms with Gasteiger partial charge in [0.25, 0.3) is 0 Å². The zero-order chi connectivity index (χ0) is 11.9. The molecule has 0 aromatic heterocycles. The highest BCUT2D eigenvalue weighted by atomic mass is 35.5. The molecule has 0 amide bonds. The van der Waals surface area contributed by atoms with Gasteiger partial charge >= 0.3 is 0 Å². The minimum absolute atomic E-state index is 0.0740. The Kier molecular flexibility index (Phi) is 3.00. The van der Waals surface area contributed by atoms with Crippen molar-refractivity contribution in [2.45, 2.75) is 39.5 Å². The van der Waals surface area contributed by atoms with Crippen LogP contribution in [0.4, 0.5) is 0 Å². The van der Waals surface area contributed by atoms with Gasteiger partial charge in [0.1, 0.15) is 0 Å². The van der Waals surface area contributed by atoms with Crippen molar-refractivity contribution in [1.82, 2.24) is 0 Å². The number of ketones is 1. The van der Waals surface area contributed by atoms with E-state index in [0.717, 1.165) is 30.4 Å². The first-order valence-corrected chi connectivity index (χ1v) is 6.55. The van der Waals surface area contributed by atoms with E-state index in [-0.39, 0.29) is 5.41 Å². The number of hydrogen-bond acceptors (Lipinski definition) is 1. The second-order valence-electron chi connectivity index (χ2n) is 5.24. The Morgan fingerprint density at radius 1 is 1.56 bits per heavy atom. The lowest BCUT2D eigenvalue weighted by atomic mass is 9.65. The Hall–Kier alpha value is -0.560. The SMILES string of the molecule is C=C(CCl)[C@]12CCC(=O)C1=C(C)[C@H](C)CC2. The Bertz CT molecular complexity index is 380. The number of allylic oxidation sites excluding steroid dienone is 3.